The Balaban J connectivity index is 4.07. The van der Waals surface area contributed by atoms with Crippen LogP contribution in [-0.4, -0.2) is 43.0 Å². The third kappa shape index (κ3) is 35.2. The van der Waals surface area contributed by atoms with Gasteiger partial charge in [-0.1, -0.05) is 138 Å². The lowest BCUT2D eigenvalue weighted by Gasteiger charge is -2.29. The molecule has 0 fully saturated rings. The van der Waals surface area contributed by atoms with Crippen molar-refractivity contribution in [3.63, 3.8) is 0 Å². The molecule has 0 aromatic carbocycles. The van der Waals surface area contributed by atoms with Crippen LogP contribution in [0.5, 0.6) is 0 Å². The van der Waals surface area contributed by atoms with Crippen molar-refractivity contribution in [2.45, 2.75) is 174 Å². The van der Waals surface area contributed by atoms with Gasteiger partial charge < -0.3 is 14.7 Å². The predicted molar refractivity (Wildman–Crippen MR) is 206 cm³/mol. The molecule has 0 aromatic rings. The molecule has 0 aromatic heterocycles. The Morgan fingerprint density at radius 1 is 0.457 bits per heavy atom. The molecule has 0 amide bonds. The Kier molecular flexibility index (Phi) is 34.8. The van der Waals surface area contributed by atoms with Gasteiger partial charge in [0.1, 0.15) is 0 Å². The maximum atomic E-state index is 11.4. The fourth-order valence-corrected chi connectivity index (χ4v) is 5.46. The van der Waals surface area contributed by atoms with Gasteiger partial charge in [0.2, 0.25) is 0 Å². The Labute approximate surface area is 288 Å². The van der Waals surface area contributed by atoms with Gasteiger partial charge in [-0.15, -0.1) is 0 Å². The van der Waals surface area contributed by atoms with Crippen LogP contribution in [0.3, 0.4) is 0 Å². The van der Waals surface area contributed by atoms with Crippen LogP contribution < -0.4 is 0 Å². The third-order valence-electron chi connectivity index (χ3n) is 8.31. The van der Waals surface area contributed by atoms with Gasteiger partial charge in [0.15, 0.2) is 5.79 Å². The molecular formula is C43H77NO2. The zero-order valence-corrected chi connectivity index (χ0v) is 31.1. The van der Waals surface area contributed by atoms with Crippen molar-refractivity contribution in [1.29, 1.82) is 0 Å². The largest absolute Gasteiger partial charge is 0.365 e. The summed E-state index contributed by atoms with van der Waals surface area (Å²) < 4.78 is 6.17. The average Bonchev–Trinajstić information content (AvgIpc) is 3.04. The summed E-state index contributed by atoms with van der Waals surface area (Å²) in [7, 11) is 4.23. The fourth-order valence-electron chi connectivity index (χ4n) is 5.46. The van der Waals surface area contributed by atoms with Crippen LogP contribution in [0, 0.1) is 0 Å². The first-order valence-corrected chi connectivity index (χ1v) is 19.4. The summed E-state index contributed by atoms with van der Waals surface area (Å²) in [5, 5.41) is 11.4. The minimum atomic E-state index is -0.935. The fraction of sp³-hybridized carbons (Fsp3) is 0.721. The maximum Gasteiger partial charge on any atom is 0.165 e. The molecule has 0 aliphatic rings. The molecule has 0 unspecified atom stereocenters. The van der Waals surface area contributed by atoms with Gasteiger partial charge in [-0.25, -0.2) is 0 Å². The van der Waals surface area contributed by atoms with E-state index in [1.54, 1.807) is 0 Å². The van der Waals surface area contributed by atoms with Crippen molar-refractivity contribution in [2.75, 3.05) is 27.2 Å². The minimum Gasteiger partial charge on any atom is -0.365 e. The van der Waals surface area contributed by atoms with Gasteiger partial charge in [-0.2, -0.15) is 0 Å². The molecule has 0 atom stereocenters. The molecule has 0 spiro atoms. The molecule has 0 aliphatic heterocycles. The van der Waals surface area contributed by atoms with E-state index in [1.807, 2.05) is 0 Å². The lowest BCUT2D eigenvalue weighted by molar-refractivity contribution is -0.213. The van der Waals surface area contributed by atoms with Crippen LogP contribution in [0.1, 0.15) is 168 Å². The molecule has 3 heteroatoms. The first-order valence-electron chi connectivity index (χ1n) is 19.4. The monoisotopic (exact) mass is 640 g/mol. The molecule has 266 valence electrons. The Morgan fingerprint density at radius 2 is 0.826 bits per heavy atom. The number of hydrogen-bond acceptors (Lipinski definition) is 3. The van der Waals surface area contributed by atoms with Crippen molar-refractivity contribution in [3.05, 3.63) is 72.9 Å². The van der Waals surface area contributed by atoms with Gasteiger partial charge >= 0.3 is 0 Å². The van der Waals surface area contributed by atoms with Crippen molar-refractivity contribution >= 4 is 0 Å². The molecular weight excluding hydrogens is 562 g/mol. The standard InChI is InChI=1S/C43H77NO2/c1-5-7-9-11-13-15-17-19-21-23-25-27-29-31-33-35-39-43(45,46-42-38-37-41-44(3)4)40-36-34-32-30-28-26-24-22-20-18-16-14-12-10-8-6-2/h7-10,13-16,19-22,45H,5-6,11-12,17-18,23-42H2,1-4H3/b9-7-,10-8-,15-13-,16-14-,21-19-,22-20-. The number of ether oxygens (including phenoxy) is 1. The summed E-state index contributed by atoms with van der Waals surface area (Å²) in [4.78, 5) is 2.22. The van der Waals surface area contributed by atoms with Crippen LogP contribution in [0.25, 0.3) is 0 Å². The summed E-state index contributed by atoms with van der Waals surface area (Å²) in [5.74, 6) is -0.935. The number of hydrogen-bond donors (Lipinski definition) is 1. The second-order valence-corrected chi connectivity index (χ2v) is 13.2. The molecule has 0 rings (SSSR count). The van der Waals surface area contributed by atoms with E-state index < -0.39 is 5.79 Å². The predicted octanol–water partition coefficient (Wildman–Crippen LogP) is 13.0. The first-order chi connectivity index (χ1) is 22.5. The van der Waals surface area contributed by atoms with Crippen molar-refractivity contribution < 1.29 is 9.84 Å². The molecule has 1 N–H and O–H groups in total. The Morgan fingerprint density at radius 3 is 1.24 bits per heavy atom. The molecule has 0 bridgehead atoms. The van der Waals surface area contributed by atoms with E-state index in [0.29, 0.717) is 6.61 Å². The summed E-state index contributed by atoms with van der Waals surface area (Å²) in [6, 6.07) is 0. The number of aliphatic hydroxyl groups is 1. The van der Waals surface area contributed by atoms with Crippen LogP contribution in [0.15, 0.2) is 72.9 Å². The van der Waals surface area contributed by atoms with Crippen molar-refractivity contribution in [3.8, 4) is 0 Å². The molecule has 0 radical (unpaired) electrons. The molecule has 0 saturated heterocycles. The van der Waals surface area contributed by atoms with Gasteiger partial charge in [0, 0.05) is 12.8 Å². The summed E-state index contributed by atoms with van der Waals surface area (Å²) in [6.45, 7) is 6.10. The van der Waals surface area contributed by atoms with Gasteiger partial charge in [0.25, 0.3) is 0 Å². The molecule has 3 nitrogen and oxygen atoms in total. The van der Waals surface area contributed by atoms with Crippen LogP contribution >= 0.6 is 0 Å². The minimum absolute atomic E-state index is 0.669. The highest BCUT2D eigenvalue weighted by Crippen LogP contribution is 2.25. The lowest BCUT2D eigenvalue weighted by atomic mass is 9.98. The zero-order chi connectivity index (χ0) is 33.7. The van der Waals surface area contributed by atoms with Crippen LogP contribution in [0.4, 0.5) is 0 Å². The number of allylic oxidation sites excluding steroid dienone is 12. The van der Waals surface area contributed by atoms with Gasteiger partial charge in [-0.05, 0) is 111 Å². The Hall–Kier alpha value is -1.68. The Bertz CT molecular complexity index is 735. The first kappa shape index (κ1) is 44.3. The van der Waals surface area contributed by atoms with Crippen molar-refractivity contribution in [2.24, 2.45) is 0 Å². The van der Waals surface area contributed by atoms with Crippen LogP contribution in [0.2, 0.25) is 0 Å². The topological polar surface area (TPSA) is 32.7 Å². The number of unbranched alkanes of at least 4 members (excludes halogenated alkanes) is 13. The van der Waals surface area contributed by atoms with Crippen LogP contribution in [-0.2, 0) is 4.74 Å². The molecule has 0 saturated carbocycles. The normalized spacial score (nSPS) is 13.2. The van der Waals surface area contributed by atoms with E-state index in [9.17, 15) is 5.11 Å². The molecule has 46 heavy (non-hydrogen) atoms. The van der Waals surface area contributed by atoms with Gasteiger partial charge in [-0.3, -0.25) is 0 Å². The molecule has 0 heterocycles. The van der Waals surface area contributed by atoms with Gasteiger partial charge in [0.05, 0.1) is 6.61 Å². The maximum absolute atomic E-state index is 11.4. The molecule has 0 aliphatic carbocycles. The third-order valence-corrected chi connectivity index (χ3v) is 8.31. The lowest BCUT2D eigenvalue weighted by Crippen LogP contribution is -2.33. The zero-order valence-electron chi connectivity index (χ0n) is 31.1. The SMILES string of the molecule is CC/C=C\C/C=C\C/C=C\CCCCCCCCC(O)(CCCCCCCC/C=C\C/C=C\C/C=C\CC)OCCCCN(C)C. The number of rotatable bonds is 34. The van der Waals surface area contributed by atoms with E-state index in [2.05, 4.69) is 106 Å². The summed E-state index contributed by atoms with van der Waals surface area (Å²) in [6.07, 6.45) is 54.6. The van der Waals surface area contributed by atoms with E-state index in [4.69, 9.17) is 4.74 Å². The quantitative estimate of drug-likeness (QED) is 0.0432. The van der Waals surface area contributed by atoms with E-state index in [1.165, 1.54) is 77.0 Å². The second kappa shape index (κ2) is 36.2. The van der Waals surface area contributed by atoms with E-state index in [0.717, 1.165) is 83.6 Å². The second-order valence-electron chi connectivity index (χ2n) is 13.2. The highest BCUT2D eigenvalue weighted by atomic mass is 16.6. The summed E-state index contributed by atoms with van der Waals surface area (Å²) >= 11 is 0. The highest BCUT2D eigenvalue weighted by molar-refractivity contribution is 4.98. The van der Waals surface area contributed by atoms with E-state index in [-0.39, 0.29) is 0 Å². The highest BCUT2D eigenvalue weighted by Gasteiger charge is 2.26. The average molecular weight is 640 g/mol. The summed E-state index contributed by atoms with van der Waals surface area (Å²) in [5.41, 5.74) is 0. The number of nitrogens with zero attached hydrogens (tertiary/aromatic N) is 1. The smallest absolute Gasteiger partial charge is 0.165 e. The van der Waals surface area contributed by atoms with Crippen molar-refractivity contribution in [1.82, 2.24) is 4.90 Å². The van der Waals surface area contributed by atoms with E-state index >= 15 is 0 Å².